The van der Waals surface area contributed by atoms with Crippen LogP contribution in [0.2, 0.25) is 0 Å². The Morgan fingerprint density at radius 2 is 1.52 bits per heavy atom. The van der Waals surface area contributed by atoms with Crippen LogP contribution >= 0.6 is 0 Å². The molecule has 1 aromatic rings. The maximum absolute atomic E-state index is 12.4. The van der Waals surface area contributed by atoms with Crippen molar-refractivity contribution in [3.05, 3.63) is 42.0 Å². The normalized spacial score (nSPS) is 19.5. The van der Waals surface area contributed by atoms with Crippen molar-refractivity contribution in [2.45, 2.75) is 25.7 Å². The van der Waals surface area contributed by atoms with Crippen LogP contribution in [0.25, 0.3) is 6.08 Å². The van der Waals surface area contributed by atoms with Crippen molar-refractivity contribution in [1.82, 2.24) is 9.80 Å². The highest BCUT2D eigenvalue weighted by molar-refractivity contribution is 5.92. The first-order valence-electron chi connectivity index (χ1n) is 8.55. The molecule has 2 fully saturated rings. The van der Waals surface area contributed by atoms with E-state index in [1.54, 1.807) is 6.08 Å². The first-order valence-corrected chi connectivity index (χ1v) is 8.55. The second-order valence-corrected chi connectivity index (χ2v) is 6.38. The molecule has 0 bridgehead atoms. The SMILES string of the molecule is O=C(C=Cc1ccccc1)N1CCN(C(=O)C2CCCC2)CC1. The molecular weight excluding hydrogens is 288 g/mol. The third kappa shape index (κ3) is 4.01. The summed E-state index contributed by atoms with van der Waals surface area (Å²) in [6.07, 6.45) is 7.91. The van der Waals surface area contributed by atoms with Crippen LogP contribution in [-0.2, 0) is 9.59 Å². The van der Waals surface area contributed by atoms with E-state index in [2.05, 4.69) is 0 Å². The molecule has 0 unspecified atom stereocenters. The maximum atomic E-state index is 12.4. The first kappa shape index (κ1) is 15.8. The molecule has 0 N–H and O–H groups in total. The Labute approximate surface area is 137 Å². The van der Waals surface area contributed by atoms with Gasteiger partial charge >= 0.3 is 0 Å². The molecule has 1 aliphatic carbocycles. The average Bonchev–Trinajstić information content (AvgIpc) is 3.15. The lowest BCUT2D eigenvalue weighted by atomic mass is 10.1. The maximum Gasteiger partial charge on any atom is 0.246 e. The predicted molar refractivity (Wildman–Crippen MR) is 90.6 cm³/mol. The number of benzene rings is 1. The van der Waals surface area contributed by atoms with Crippen LogP contribution in [0, 0.1) is 5.92 Å². The highest BCUT2D eigenvalue weighted by Crippen LogP contribution is 2.26. The van der Waals surface area contributed by atoms with Gasteiger partial charge in [0.1, 0.15) is 0 Å². The molecule has 3 rings (SSSR count). The van der Waals surface area contributed by atoms with Crippen molar-refractivity contribution in [3.63, 3.8) is 0 Å². The van der Waals surface area contributed by atoms with Gasteiger partial charge in [0.15, 0.2) is 0 Å². The third-order valence-corrected chi connectivity index (χ3v) is 4.83. The highest BCUT2D eigenvalue weighted by atomic mass is 16.2. The fourth-order valence-corrected chi connectivity index (χ4v) is 3.42. The van der Waals surface area contributed by atoms with E-state index in [4.69, 9.17) is 0 Å². The van der Waals surface area contributed by atoms with Gasteiger partial charge in [-0.05, 0) is 24.5 Å². The van der Waals surface area contributed by atoms with Gasteiger partial charge < -0.3 is 9.80 Å². The standard InChI is InChI=1S/C19H24N2O2/c22-18(11-10-16-6-2-1-3-7-16)20-12-14-21(15-13-20)19(23)17-8-4-5-9-17/h1-3,6-7,10-11,17H,4-5,8-9,12-15H2. The molecule has 4 nitrogen and oxygen atoms in total. The smallest absolute Gasteiger partial charge is 0.246 e. The number of hydrogen-bond donors (Lipinski definition) is 0. The molecular formula is C19H24N2O2. The summed E-state index contributed by atoms with van der Waals surface area (Å²) >= 11 is 0. The van der Waals surface area contributed by atoms with Gasteiger partial charge in [0.2, 0.25) is 11.8 Å². The van der Waals surface area contributed by atoms with Gasteiger partial charge in [-0.3, -0.25) is 9.59 Å². The molecule has 23 heavy (non-hydrogen) atoms. The fraction of sp³-hybridized carbons (Fsp3) is 0.474. The first-order chi connectivity index (χ1) is 11.2. The van der Waals surface area contributed by atoms with E-state index in [-0.39, 0.29) is 11.8 Å². The molecule has 2 aliphatic rings. The fourth-order valence-electron chi connectivity index (χ4n) is 3.42. The van der Waals surface area contributed by atoms with E-state index in [0.717, 1.165) is 18.4 Å². The van der Waals surface area contributed by atoms with Crippen LogP contribution in [0.5, 0.6) is 0 Å². The monoisotopic (exact) mass is 312 g/mol. The van der Waals surface area contributed by atoms with E-state index in [9.17, 15) is 9.59 Å². The zero-order valence-electron chi connectivity index (χ0n) is 13.5. The van der Waals surface area contributed by atoms with Crippen molar-refractivity contribution in [2.75, 3.05) is 26.2 Å². The molecule has 4 heteroatoms. The average molecular weight is 312 g/mol. The van der Waals surface area contributed by atoms with Gasteiger partial charge in [-0.2, -0.15) is 0 Å². The molecule has 0 radical (unpaired) electrons. The molecule has 1 heterocycles. The van der Waals surface area contributed by atoms with E-state index < -0.39 is 0 Å². The lowest BCUT2D eigenvalue weighted by molar-refractivity contribution is -0.140. The third-order valence-electron chi connectivity index (χ3n) is 4.83. The topological polar surface area (TPSA) is 40.6 Å². The number of piperazine rings is 1. The summed E-state index contributed by atoms with van der Waals surface area (Å²) in [5, 5.41) is 0. The second-order valence-electron chi connectivity index (χ2n) is 6.38. The summed E-state index contributed by atoms with van der Waals surface area (Å²) in [5.41, 5.74) is 1.02. The van der Waals surface area contributed by atoms with Gasteiger partial charge in [-0.1, -0.05) is 43.2 Å². The van der Waals surface area contributed by atoms with Gasteiger partial charge in [0.05, 0.1) is 0 Å². The minimum Gasteiger partial charge on any atom is -0.339 e. The summed E-state index contributed by atoms with van der Waals surface area (Å²) in [4.78, 5) is 28.4. The molecule has 1 saturated carbocycles. The zero-order valence-corrected chi connectivity index (χ0v) is 13.5. The van der Waals surface area contributed by atoms with Gasteiger partial charge in [0.25, 0.3) is 0 Å². The van der Waals surface area contributed by atoms with E-state index >= 15 is 0 Å². The zero-order chi connectivity index (χ0) is 16.1. The quantitative estimate of drug-likeness (QED) is 0.805. The summed E-state index contributed by atoms with van der Waals surface area (Å²) in [6.45, 7) is 2.60. The van der Waals surface area contributed by atoms with Crippen LogP contribution in [0.3, 0.4) is 0 Å². The van der Waals surface area contributed by atoms with Crippen molar-refractivity contribution >= 4 is 17.9 Å². The molecule has 122 valence electrons. The molecule has 0 aromatic heterocycles. The molecule has 2 amide bonds. The summed E-state index contributed by atoms with van der Waals surface area (Å²) < 4.78 is 0. The van der Waals surface area contributed by atoms with E-state index in [1.165, 1.54) is 12.8 Å². The Morgan fingerprint density at radius 3 is 2.17 bits per heavy atom. The Balaban J connectivity index is 1.49. The van der Waals surface area contributed by atoms with Crippen LogP contribution in [0.1, 0.15) is 31.2 Å². The van der Waals surface area contributed by atoms with Gasteiger partial charge in [-0.15, -0.1) is 0 Å². The molecule has 1 saturated heterocycles. The lowest BCUT2D eigenvalue weighted by Crippen LogP contribution is -2.51. The number of rotatable bonds is 3. The van der Waals surface area contributed by atoms with Gasteiger partial charge in [0, 0.05) is 38.2 Å². The number of carbonyl (C=O) groups is 2. The number of hydrogen-bond acceptors (Lipinski definition) is 2. The summed E-state index contributed by atoms with van der Waals surface area (Å²) in [7, 11) is 0. The number of carbonyl (C=O) groups excluding carboxylic acids is 2. The van der Waals surface area contributed by atoms with Crippen LogP contribution < -0.4 is 0 Å². The van der Waals surface area contributed by atoms with E-state index in [0.29, 0.717) is 32.1 Å². The van der Waals surface area contributed by atoms with Crippen LogP contribution in [-0.4, -0.2) is 47.8 Å². The van der Waals surface area contributed by atoms with Crippen molar-refractivity contribution < 1.29 is 9.59 Å². The molecule has 1 aliphatic heterocycles. The predicted octanol–water partition coefficient (Wildman–Crippen LogP) is 2.56. The largest absolute Gasteiger partial charge is 0.339 e. The minimum absolute atomic E-state index is 0.0295. The Hall–Kier alpha value is -2.10. The Kier molecular flexibility index (Phi) is 5.11. The lowest BCUT2D eigenvalue weighted by Gasteiger charge is -2.35. The minimum atomic E-state index is 0.0295. The highest BCUT2D eigenvalue weighted by Gasteiger charge is 2.29. The molecule has 0 spiro atoms. The molecule has 1 aromatic carbocycles. The van der Waals surface area contributed by atoms with Crippen molar-refractivity contribution in [3.8, 4) is 0 Å². The summed E-state index contributed by atoms with van der Waals surface area (Å²) in [6, 6.07) is 9.82. The summed E-state index contributed by atoms with van der Waals surface area (Å²) in [5.74, 6) is 0.562. The van der Waals surface area contributed by atoms with Crippen molar-refractivity contribution in [1.29, 1.82) is 0 Å². The molecule has 0 atom stereocenters. The van der Waals surface area contributed by atoms with Crippen molar-refractivity contribution in [2.24, 2.45) is 5.92 Å². The Morgan fingerprint density at radius 1 is 0.913 bits per heavy atom. The second kappa shape index (κ2) is 7.44. The van der Waals surface area contributed by atoms with Crippen LogP contribution in [0.4, 0.5) is 0 Å². The number of nitrogens with zero attached hydrogens (tertiary/aromatic N) is 2. The Bertz CT molecular complexity index is 568. The number of amides is 2. The van der Waals surface area contributed by atoms with E-state index in [1.807, 2.05) is 46.2 Å². The van der Waals surface area contributed by atoms with Gasteiger partial charge in [-0.25, -0.2) is 0 Å². The van der Waals surface area contributed by atoms with Crippen LogP contribution in [0.15, 0.2) is 36.4 Å².